The molecule has 0 radical (unpaired) electrons. The van der Waals surface area contributed by atoms with Gasteiger partial charge in [-0.2, -0.15) is 0 Å². The van der Waals surface area contributed by atoms with Crippen LogP contribution in [0.2, 0.25) is 10.0 Å². The molecule has 0 heterocycles. The Labute approximate surface area is 151 Å². The van der Waals surface area contributed by atoms with Gasteiger partial charge in [0.1, 0.15) is 0 Å². The largest absolute Gasteiger partial charge is 0.322 e. The molecule has 0 saturated carbocycles. The van der Waals surface area contributed by atoms with Crippen LogP contribution < -0.4 is 9.62 Å². The second kappa shape index (κ2) is 7.01. The maximum atomic E-state index is 12.4. The number of rotatable bonds is 4. The number of halogens is 2. The van der Waals surface area contributed by atoms with E-state index >= 15 is 0 Å². The summed E-state index contributed by atoms with van der Waals surface area (Å²) < 4.78 is 24.4. The molecule has 0 unspecified atom stereocenters. The van der Waals surface area contributed by atoms with Crippen LogP contribution in [-0.4, -0.2) is 27.6 Å². The minimum Gasteiger partial charge on any atom is -0.322 e. The minimum atomic E-state index is -3.49. The van der Waals surface area contributed by atoms with Crippen molar-refractivity contribution in [1.29, 1.82) is 0 Å². The lowest BCUT2D eigenvalue weighted by Crippen LogP contribution is -2.25. The van der Waals surface area contributed by atoms with Gasteiger partial charge in [-0.1, -0.05) is 29.3 Å². The smallest absolute Gasteiger partial charge is 0.255 e. The molecule has 2 rings (SSSR count). The molecule has 0 aliphatic carbocycles. The van der Waals surface area contributed by atoms with Gasteiger partial charge in [0.15, 0.2) is 0 Å². The summed E-state index contributed by atoms with van der Waals surface area (Å²) in [5, 5.41) is 3.50. The number of carbonyl (C=O) groups excluding carboxylic acids is 1. The molecule has 0 fully saturated rings. The molecular weight excluding hydrogens is 371 g/mol. The summed E-state index contributed by atoms with van der Waals surface area (Å²) in [6.45, 7) is 1.84. The third-order valence-electron chi connectivity index (χ3n) is 3.49. The van der Waals surface area contributed by atoms with Crippen LogP contribution in [0.4, 0.5) is 11.4 Å². The molecule has 5 nitrogen and oxygen atoms in total. The van der Waals surface area contributed by atoms with Crippen molar-refractivity contribution in [1.82, 2.24) is 0 Å². The SMILES string of the molecule is Cc1ccc(Cl)cc1NC(=O)c1ccc(Cl)c(N(C)S(C)(=O)=O)c1. The lowest BCUT2D eigenvalue weighted by atomic mass is 10.1. The number of amides is 1. The van der Waals surface area contributed by atoms with Crippen molar-refractivity contribution in [2.24, 2.45) is 0 Å². The maximum Gasteiger partial charge on any atom is 0.255 e. The van der Waals surface area contributed by atoms with E-state index in [2.05, 4.69) is 5.32 Å². The average molecular weight is 387 g/mol. The second-order valence-corrected chi connectivity index (χ2v) is 8.17. The quantitative estimate of drug-likeness (QED) is 0.864. The van der Waals surface area contributed by atoms with Gasteiger partial charge in [0, 0.05) is 23.3 Å². The molecule has 0 saturated heterocycles. The lowest BCUT2D eigenvalue weighted by Gasteiger charge is -2.19. The number of sulfonamides is 1. The van der Waals surface area contributed by atoms with Crippen LogP contribution in [0.5, 0.6) is 0 Å². The van der Waals surface area contributed by atoms with Crippen LogP contribution in [0.25, 0.3) is 0 Å². The second-order valence-electron chi connectivity index (χ2n) is 5.31. The van der Waals surface area contributed by atoms with Crippen molar-refractivity contribution in [2.45, 2.75) is 6.92 Å². The first kappa shape index (κ1) is 18.6. The van der Waals surface area contributed by atoms with Gasteiger partial charge >= 0.3 is 0 Å². The number of anilines is 2. The first-order chi connectivity index (χ1) is 11.1. The zero-order chi connectivity index (χ0) is 18.1. The Morgan fingerprint density at radius 1 is 1.12 bits per heavy atom. The number of nitrogens with zero attached hydrogens (tertiary/aromatic N) is 1. The van der Waals surface area contributed by atoms with Crippen molar-refractivity contribution >= 4 is 50.5 Å². The van der Waals surface area contributed by atoms with Crippen molar-refractivity contribution in [3.05, 3.63) is 57.6 Å². The molecule has 0 atom stereocenters. The highest BCUT2D eigenvalue weighted by atomic mass is 35.5. The van der Waals surface area contributed by atoms with Crippen LogP contribution in [0.15, 0.2) is 36.4 Å². The Morgan fingerprint density at radius 3 is 2.42 bits per heavy atom. The number of carbonyl (C=O) groups is 1. The molecule has 1 N–H and O–H groups in total. The fourth-order valence-electron chi connectivity index (χ4n) is 2.00. The first-order valence-electron chi connectivity index (χ1n) is 6.90. The van der Waals surface area contributed by atoms with E-state index in [0.717, 1.165) is 16.1 Å². The Kier molecular flexibility index (Phi) is 5.42. The fourth-order valence-corrected chi connectivity index (χ4v) is 2.97. The van der Waals surface area contributed by atoms with E-state index in [1.165, 1.54) is 25.2 Å². The normalized spacial score (nSPS) is 11.2. The first-order valence-corrected chi connectivity index (χ1v) is 9.51. The Balaban J connectivity index is 2.35. The predicted molar refractivity (Wildman–Crippen MR) is 98.8 cm³/mol. The average Bonchev–Trinajstić information content (AvgIpc) is 2.49. The summed E-state index contributed by atoms with van der Waals surface area (Å²) >= 11 is 12.0. The summed E-state index contributed by atoms with van der Waals surface area (Å²) in [6.07, 6.45) is 1.06. The zero-order valence-electron chi connectivity index (χ0n) is 13.3. The minimum absolute atomic E-state index is 0.231. The molecule has 2 aromatic rings. The van der Waals surface area contributed by atoms with Gasteiger partial charge in [0.25, 0.3) is 5.91 Å². The Bertz CT molecular complexity index is 898. The number of benzene rings is 2. The molecule has 2 aromatic carbocycles. The fraction of sp³-hybridized carbons (Fsp3) is 0.188. The monoisotopic (exact) mass is 386 g/mol. The molecule has 0 spiro atoms. The molecule has 0 aliphatic heterocycles. The van der Waals surface area contributed by atoms with Crippen LogP contribution in [0.3, 0.4) is 0 Å². The number of hydrogen-bond acceptors (Lipinski definition) is 3. The highest BCUT2D eigenvalue weighted by Crippen LogP contribution is 2.28. The lowest BCUT2D eigenvalue weighted by molar-refractivity contribution is 0.102. The molecule has 0 bridgehead atoms. The van der Waals surface area contributed by atoms with Crippen molar-refractivity contribution in [2.75, 3.05) is 22.9 Å². The molecule has 8 heteroatoms. The molecule has 0 aromatic heterocycles. The molecule has 24 heavy (non-hydrogen) atoms. The van der Waals surface area contributed by atoms with Gasteiger partial charge in [0.05, 0.1) is 17.0 Å². The summed E-state index contributed by atoms with van der Waals surface area (Å²) in [6, 6.07) is 9.61. The van der Waals surface area contributed by atoms with Gasteiger partial charge in [-0.25, -0.2) is 8.42 Å². The zero-order valence-corrected chi connectivity index (χ0v) is 15.6. The van der Waals surface area contributed by atoms with Gasteiger partial charge in [-0.3, -0.25) is 9.10 Å². The van der Waals surface area contributed by atoms with E-state index in [0.29, 0.717) is 10.7 Å². The van der Waals surface area contributed by atoms with Gasteiger partial charge < -0.3 is 5.32 Å². The van der Waals surface area contributed by atoms with Gasteiger partial charge in [0.2, 0.25) is 10.0 Å². The molecule has 0 aliphatic rings. The summed E-state index contributed by atoms with van der Waals surface area (Å²) in [7, 11) is -2.12. The van der Waals surface area contributed by atoms with Crippen molar-refractivity contribution in [3.8, 4) is 0 Å². The van der Waals surface area contributed by atoms with Crippen LogP contribution in [0, 0.1) is 6.92 Å². The number of nitrogens with one attached hydrogen (secondary N) is 1. The van der Waals surface area contributed by atoms with Crippen LogP contribution >= 0.6 is 23.2 Å². The van der Waals surface area contributed by atoms with Crippen molar-refractivity contribution < 1.29 is 13.2 Å². The van der Waals surface area contributed by atoms with E-state index < -0.39 is 10.0 Å². The van der Waals surface area contributed by atoms with E-state index in [-0.39, 0.29) is 22.2 Å². The third-order valence-corrected chi connectivity index (χ3v) is 5.24. The maximum absolute atomic E-state index is 12.4. The highest BCUT2D eigenvalue weighted by molar-refractivity contribution is 7.92. The highest BCUT2D eigenvalue weighted by Gasteiger charge is 2.18. The van der Waals surface area contributed by atoms with E-state index in [4.69, 9.17) is 23.2 Å². The number of aryl methyl sites for hydroxylation is 1. The Morgan fingerprint density at radius 2 is 1.79 bits per heavy atom. The summed E-state index contributed by atoms with van der Waals surface area (Å²) in [5.41, 5.74) is 1.95. The number of hydrogen-bond donors (Lipinski definition) is 1. The van der Waals surface area contributed by atoms with E-state index in [1.54, 1.807) is 18.2 Å². The standard InChI is InChI=1S/C16H16Cl2N2O3S/c1-10-4-6-12(17)9-14(10)19-16(21)11-5-7-13(18)15(8-11)20(2)24(3,22)23/h4-9H,1-3H3,(H,19,21). The van der Waals surface area contributed by atoms with Gasteiger partial charge in [-0.15, -0.1) is 0 Å². The third kappa shape index (κ3) is 4.20. The van der Waals surface area contributed by atoms with Gasteiger partial charge in [-0.05, 0) is 42.8 Å². The van der Waals surface area contributed by atoms with E-state index in [1.807, 2.05) is 6.92 Å². The van der Waals surface area contributed by atoms with Crippen LogP contribution in [-0.2, 0) is 10.0 Å². The summed E-state index contributed by atoms with van der Waals surface area (Å²) in [4.78, 5) is 12.4. The topological polar surface area (TPSA) is 66.5 Å². The van der Waals surface area contributed by atoms with E-state index in [9.17, 15) is 13.2 Å². The molecular formula is C16H16Cl2N2O3S. The predicted octanol–water partition coefficient (Wildman–Crippen LogP) is 3.95. The van der Waals surface area contributed by atoms with Crippen molar-refractivity contribution in [3.63, 3.8) is 0 Å². The molecule has 1 amide bonds. The van der Waals surface area contributed by atoms with Crippen LogP contribution in [0.1, 0.15) is 15.9 Å². The summed E-state index contributed by atoms with van der Waals surface area (Å²) in [5.74, 6) is -0.389. The molecule has 128 valence electrons. The Hall–Kier alpha value is -1.76.